The van der Waals surface area contributed by atoms with Gasteiger partial charge in [-0.25, -0.2) is 14.8 Å². The average Bonchev–Trinajstić information content (AvgIpc) is 2.32. The third-order valence-corrected chi connectivity index (χ3v) is 2.30. The van der Waals surface area contributed by atoms with Gasteiger partial charge in [-0.1, -0.05) is 6.07 Å². The summed E-state index contributed by atoms with van der Waals surface area (Å²) in [6.07, 6.45) is 3.09. The minimum absolute atomic E-state index is 0.152. The lowest BCUT2D eigenvalue weighted by atomic mass is 10.2. The Bertz CT molecular complexity index is 543. The van der Waals surface area contributed by atoms with Crippen molar-refractivity contribution in [3.05, 3.63) is 46.7 Å². The standard InChI is InChI=1S/C11H7BrN2O3/c12-8-5-13-11(14-6-8)17-9-3-1-2-7(4-9)10(15)16/h1-6H,(H,15,16). The normalized spacial score (nSPS) is 9.94. The molecule has 17 heavy (non-hydrogen) atoms. The minimum atomic E-state index is -1.01. The first-order valence-electron chi connectivity index (χ1n) is 4.64. The summed E-state index contributed by atoms with van der Waals surface area (Å²) >= 11 is 3.20. The van der Waals surface area contributed by atoms with Gasteiger partial charge in [0.2, 0.25) is 0 Å². The molecule has 1 heterocycles. The van der Waals surface area contributed by atoms with Gasteiger partial charge in [-0.05, 0) is 34.1 Å². The second kappa shape index (κ2) is 4.92. The molecule has 1 N–H and O–H groups in total. The molecule has 0 fully saturated rings. The zero-order valence-corrected chi connectivity index (χ0v) is 10.1. The third kappa shape index (κ3) is 3.01. The highest BCUT2D eigenvalue weighted by Gasteiger charge is 2.05. The van der Waals surface area contributed by atoms with Crippen molar-refractivity contribution in [2.45, 2.75) is 0 Å². The molecule has 0 unspecified atom stereocenters. The summed E-state index contributed by atoms with van der Waals surface area (Å²) in [6.45, 7) is 0. The maximum absolute atomic E-state index is 10.8. The van der Waals surface area contributed by atoms with Gasteiger partial charge in [0.25, 0.3) is 0 Å². The van der Waals surface area contributed by atoms with Crippen LogP contribution in [-0.2, 0) is 0 Å². The molecule has 1 aromatic heterocycles. The number of carbonyl (C=O) groups is 1. The van der Waals surface area contributed by atoms with Crippen molar-refractivity contribution in [3.63, 3.8) is 0 Å². The summed E-state index contributed by atoms with van der Waals surface area (Å²) in [4.78, 5) is 18.6. The van der Waals surface area contributed by atoms with Crippen molar-refractivity contribution in [1.82, 2.24) is 9.97 Å². The second-order valence-corrected chi connectivity index (χ2v) is 4.03. The zero-order chi connectivity index (χ0) is 12.3. The number of rotatable bonds is 3. The summed E-state index contributed by atoms with van der Waals surface area (Å²) < 4.78 is 6.06. The first-order chi connectivity index (χ1) is 8.15. The van der Waals surface area contributed by atoms with Crippen molar-refractivity contribution in [1.29, 1.82) is 0 Å². The fourth-order valence-electron chi connectivity index (χ4n) is 1.15. The van der Waals surface area contributed by atoms with Crippen LogP contribution >= 0.6 is 15.9 Å². The monoisotopic (exact) mass is 294 g/mol. The van der Waals surface area contributed by atoms with E-state index in [9.17, 15) is 4.79 Å². The van der Waals surface area contributed by atoms with Gasteiger partial charge in [0.05, 0.1) is 10.0 Å². The van der Waals surface area contributed by atoms with E-state index in [2.05, 4.69) is 25.9 Å². The molecule has 0 radical (unpaired) electrons. The Balaban J connectivity index is 2.21. The minimum Gasteiger partial charge on any atom is -0.478 e. The van der Waals surface area contributed by atoms with Crippen molar-refractivity contribution < 1.29 is 14.6 Å². The molecule has 1 aromatic carbocycles. The number of halogens is 1. The average molecular weight is 295 g/mol. The molecule has 0 aliphatic rings. The molecule has 0 amide bonds. The van der Waals surface area contributed by atoms with Crippen molar-refractivity contribution >= 4 is 21.9 Å². The van der Waals surface area contributed by atoms with Crippen LogP contribution in [0, 0.1) is 0 Å². The Morgan fingerprint density at radius 3 is 2.65 bits per heavy atom. The predicted molar refractivity (Wildman–Crippen MR) is 63.2 cm³/mol. The number of nitrogens with zero attached hydrogens (tertiary/aromatic N) is 2. The third-order valence-electron chi connectivity index (χ3n) is 1.89. The number of carboxylic acids is 1. The molecule has 0 aliphatic heterocycles. The molecule has 2 aromatic rings. The lowest BCUT2D eigenvalue weighted by Crippen LogP contribution is -1.97. The second-order valence-electron chi connectivity index (χ2n) is 3.12. The smallest absolute Gasteiger partial charge is 0.335 e. The van der Waals surface area contributed by atoms with Crippen LogP contribution in [0.25, 0.3) is 0 Å². The Kier molecular flexibility index (Phi) is 3.34. The molecular weight excluding hydrogens is 288 g/mol. The zero-order valence-electron chi connectivity index (χ0n) is 8.50. The van der Waals surface area contributed by atoms with Gasteiger partial charge >= 0.3 is 12.0 Å². The van der Waals surface area contributed by atoms with Crippen molar-refractivity contribution in [2.24, 2.45) is 0 Å². The van der Waals surface area contributed by atoms with Crippen LogP contribution in [-0.4, -0.2) is 21.0 Å². The van der Waals surface area contributed by atoms with E-state index in [1.54, 1.807) is 24.5 Å². The van der Waals surface area contributed by atoms with Crippen LogP contribution < -0.4 is 4.74 Å². The quantitative estimate of drug-likeness (QED) is 0.942. The van der Waals surface area contributed by atoms with Gasteiger partial charge in [-0.3, -0.25) is 0 Å². The van der Waals surface area contributed by atoms with Crippen molar-refractivity contribution in [2.75, 3.05) is 0 Å². The van der Waals surface area contributed by atoms with E-state index in [1.807, 2.05) is 0 Å². The van der Waals surface area contributed by atoms with E-state index in [-0.39, 0.29) is 11.6 Å². The maximum Gasteiger partial charge on any atom is 0.335 e. The molecule has 0 aliphatic carbocycles. The Morgan fingerprint density at radius 1 is 1.29 bits per heavy atom. The van der Waals surface area contributed by atoms with Crippen LogP contribution in [0.2, 0.25) is 0 Å². The summed E-state index contributed by atoms with van der Waals surface area (Å²) in [7, 11) is 0. The number of hydrogen-bond donors (Lipinski definition) is 1. The van der Waals surface area contributed by atoms with E-state index in [0.29, 0.717) is 5.75 Å². The van der Waals surface area contributed by atoms with Crippen LogP contribution in [0.5, 0.6) is 11.8 Å². The highest BCUT2D eigenvalue weighted by molar-refractivity contribution is 9.10. The van der Waals surface area contributed by atoms with Gasteiger partial charge < -0.3 is 9.84 Å². The molecule has 6 heteroatoms. The first kappa shape index (κ1) is 11.5. The number of benzene rings is 1. The lowest BCUT2D eigenvalue weighted by Gasteiger charge is -2.03. The van der Waals surface area contributed by atoms with E-state index in [1.165, 1.54) is 12.1 Å². The summed E-state index contributed by atoms with van der Waals surface area (Å²) in [5, 5.41) is 8.82. The SMILES string of the molecule is O=C(O)c1cccc(Oc2ncc(Br)cn2)c1. The largest absolute Gasteiger partial charge is 0.478 e. The molecule has 0 saturated heterocycles. The molecule has 2 rings (SSSR count). The van der Waals surface area contributed by atoms with Gasteiger partial charge in [-0.15, -0.1) is 0 Å². The first-order valence-corrected chi connectivity index (χ1v) is 5.43. The fraction of sp³-hybridized carbons (Fsp3) is 0. The molecule has 86 valence electrons. The van der Waals surface area contributed by atoms with E-state index >= 15 is 0 Å². The van der Waals surface area contributed by atoms with Crippen LogP contribution in [0.15, 0.2) is 41.1 Å². The molecule has 0 spiro atoms. The van der Waals surface area contributed by atoms with Gasteiger partial charge in [-0.2, -0.15) is 0 Å². The molecule has 0 saturated carbocycles. The molecule has 0 atom stereocenters. The number of hydrogen-bond acceptors (Lipinski definition) is 4. The maximum atomic E-state index is 10.8. The Hall–Kier alpha value is -1.95. The summed E-state index contributed by atoms with van der Waals surface area (Å²) in [5.74, 6) is -0.626. The molecular formula is C11H7BrN2O3. The number of ether oxygens (including phenoxy) is 1. The van der Waals surface area contributed by atoms with Gasteiger partial charge in [0.15, 0.2) is 0 Å². The van der Waals surface area contributed by atoms with E-state index in [4.69, 9.17) is 9.84 Å². The molecule has 0 bridgehead atoms. The topological polar surface area (TPSA) is 72.3 Å². The lowest BCUT2D eigenvalue weighted by molar-refractivity contribution is 0.0696. The number of carboxylic acid groups (broad SMARTS) is 1. The number of aromatic carboxylic acids is 1. The summed E-state index contributed by atoms with van der Waals surface area (Å²) in [6, 6.07) is 6.29. The van der Waals surface area contributed by atoms with E-state index < -0.39 is 5.97 Å². The molecule has 5 nitrogen and oxygen atoms in total. The van der Waals surface area contributed by atoms with Crippen LogP contribution in [0.3, 0.4) is 0 Å². The fourth-order valence-corrected chi connectivity index (χ4v) is 1.36. The Morgan fingerprint density at radius 2 is 2.00 bits per heavy atom. The highest BCUT2D eigenvalue weighted by atomic mass is 79.9. The number of aromatic nitrogens is 2. The van der Waals surface area contributed by atoms with Crippen LogP contribution in [0.4, 0.5) is 0 Å². The van der Waals surface area contributed by atoms with E-state index in [0.717, 1.165) is 4.47 Å². The summed E-state index contributed by atoms with van der Waals surface area (Å²) in [5.41, 5.74) is 0.152. The Labute approximate surface area is 105 Å². The van der Waals surface area contributed by atoms with Gasteiger partial charge in [0, 0.05) is 12.4 Å². The highest BCUT2D eigenvalue weighted by Crippen LogP contribution is 2.19. The van der Waals surface area contributed by atoms with Crippen molar-refractivity contribution in [3.8, 4) is 11.8 Å². The van der Waals surface area contributed by atoms with Crippen LogP contribution in [0.1, 0.15) is 10.4 Å². The van der Waals surface area contributed by atoms with Gasteiger partial charge in [0.1, 0.15) is 5.75 Å². The predicted octanol–water partition coefficient (Wildman–Crippen LogP) is 2.73.